The molecule has 6 N–H and O–H groups in total. The van der Waals surface area contributed by atoms with Gasteiger partial charge >= 0.3 is 5.97 Å². The number of ether oxygens (including phenoxy) is 1. The average molecular weight is 413 g/mol. The van der Waals surface area contributed by atoms with E-state index in [1.165, 1.54) is 0 Å². The van der Waals surface area contributed by atoms with Crippen molar-refractivity contribution in [1.29, 1.82) is 0 Å². The van der Waals surface area contributed by atoms with Gasteiger partial charge in [0.05, 0.1) is 6.61 Å². The van der Waals surface area contributed by atoms with Gasteiger partial charge in [-0.15, -0.1) is 0 Å². The molecule has 1 amide bonds. The molecule has 0 aliphatic rings. The van der Waals surface area contributed by atoms with Crippen LogP contribution in [0.25, 0.3) is 10.8 Å². The summed E-state index contributed by atoms with van der Waals surface area (Å²) in [5.41, 5.74) is 5.07. The number of pyridine rings is 1. The fourth-order valence-electron chi connectivity index (χ4n) is 2.52. The van der Waals surface area contributed by atoms with E-state index in [2.05, 4.69) is 10.3 Å². The van der Waals surface area contributed by atoms with Crippen LogP contribution in [-0.2, 0) is 4.79 Å². The third-order valence-corrected chi connectivity index (χ3v) is 3.86. The number of hydrogen-bond donors (Lipinski definition) is 5. The van der Waals surface area contributed by atoms with Crippen LogP contribution in [0.5, 0.6) is 17.2 Å². The van der Waals surface area contributed by atoms with Gasteiger partial charge in [-0.2, -0.15) is 0 Å². The maximum Gasteiger partial charge on any atom is 0.322 e. The highest BCUT2D eigenvalue weighted by Gasteiger charge is 2.18. The lowest BCUT2D eigenvalue weighted by atomic mass is 10.1. The number of amides is 1. The Morgan fingerprint density at radius 2 is 1.77 bits per heavy atom. The van der Waals surface area contributed by atoms with Crippen molar-refractivity contribution in [2.75, 3.05) is 19.7 Å². The average Bonchev–Trinajstić information content (AvgIpc) is 2.75. The van der Waals surface area contributed by atoms with E-state index in [0.29, 0.717) is 34.5 Å². The van der Waals surface area contributed by atoms with Crippen LogP contribution >= 0.6 is 0 Å². The fourth-order valence-corrected chi connectivity index (χ4v) is 2.52. The standard InChI is InChI=1S/C19H16N2O5.C2H7NO/c1-11-15-9-13(26-12-5-3-2-4-6-12)7-8-14(15)18(24)17(21-11)19(25)20-10-16(22)23;3-1-2-4/h2-9,24H,10H2,1H3,(H,20,25)(H,22,23);4H,1-3H2. The van der Waals surface area contributed by atoms with Crippen LogP contribution in [0, 0.1) is 6.92 Å². The summed E-state index contributed by atoms with van der Waals surface area (Å²) in [4.78, 5) is 26.7. The van der Waals surface area contributed by atoms with Crippen molar-refractivity contribution in [3.05, 3.63) is 59.9 Å². The molecule has 0 bridgehead atoms. The van der Waals surface area contributed by atoms with Crippen molar-refractivity contribution in [2.45, 2.75) is 6.92 Å². The zero-order valence-electron chi connectivity index (χ0n) is 16.3. The van der Waals surface area contributed by atoms with Gasteiger partial charge in [0.25, 0.3) is 5.91 Å². The van der Waals surface area contributed by atoms with E-state index < -0.39 is 18.4 Å². The number of benzene rings is 2. The maximum atomic E-state index is 12.1. The maximum absolute atomic E-state index is 12.1. The van der Waals surface area contributed by atoms with E-state index >= 15 is 0 Å². The molecule has 0 aliphatic carbocycles. The predicted octanol–water partition coefficient (Wildman–Crippen LogP) is 1.79. The molecule has 158 valence electrons. The first kappa shape index (κ1) is 22.6. The smallest absolute Gasteiger partial charge is 0.322 e. The molecule has 0 unspecified atom stereocenters. The Kier molecular flexibility index (Phi) is 8.09. The number of hydrogen-bond acceptors (Lipinski definition) is 7. The number of carbonyl (C=O) groups is 2. The first-order valence-corrected chi connectivity index (χ1v) is 9.04. The van der Waals surface area contributed by atoms with E-state index in [1.807, 2.05) is 30.3 Å². The number of para-hydroxylation sites is 1. The summed E-state index contributed by atoms with van der Waals surface area (Å²) in [5, 5.41) is 30.0. The SMILES string of the molecule is Cc1nc(C(=O)NCC(=O)O)c(O)c2ccc(Oc3ccccc3)cc12.NCCO. The van der Waals surface area contributed by atoms with E-state index in [4.69, 9.17) is 20.7 Å². The van der Waals surface area contributed by atoms with E-state index in [9.17, 15) is 14.7 Å². The first-order valence-electron chi connectivity index (χ1n) is 9.04. The number of aliphatic hydroxyl groups is 1. The molecule has 0 aliphatic heterocycles. The topological polar surface area (TPSA) is 155 Å². The lowest BCUT2D eigenvalue weighted by Crippen LogP contribution is -2.30. The van der Waals surface area contributed by atoms with Crippen molar-refractivity contribution in [3.8, 4) is 17.2 Å². The zero-order chi connectivity index (χ0) is 22.1. The Bertz CT molecular complexity index is 1020. The van der Waals surface area contributed by atoms with Crippen LogP contribution in [0.1, 0.15) is 16.2 Å². The third-order valence-electron chi connectivity index (χ3n) is 3.86. The molecule has 1 heterocycles. The van der Waals surface area contributed by atoms with Gasteiger partial charge in [0.1, 0.15) is 18.0 Å². The van der Waals surface area contributed by atoms with Crippen molar-refractivity contribution in [2.24, 2.45) is 5.73 Å². The molecule has 3 aromatic rings. The van der Waals surface area contributed by atoms with Gasteiger partial charge in [0, 0.05) is 23.0 Å². The third kappa shape index (κ3) is 5.90. The Labute approximate surface area is 172 Å². The molecular formula is C21H23N3O6. The minimum atomic E-state index is -1.18. The van der Waals surface area contributed by atoms with Gasteiger partial charge in [-0.05, 0) is 37.3 Å². The molecule has 0 radical (unpaired) electrons. The van der Waals surface area contributed by atoms with Gasteiger partial charge in [-0.1, -0.05) is 18.2 Å². The molecular weight excluding hydrogens is 390 g/mol. The molecule has 30 heavy (non-hydrogen) atoms. The monoisotopic (exact) mass is 413 g/mol. The predicted molar refractivity (Wildman–Crippen MR) is 111 cm³/mol. The van der Waals surface area contributed by atoms with Crippen LogP contribution in [-0.4, -0.2) is 51.9 Å². The normalized spacial score (nSPS) is 10.1. The number of carboxylic acids is 1. The molecule has 0 fully saturated rings. The Hall–Kier alpha value is -3.69. The van der Waals surface area contributed by atoms with Crippen molar-refractivity contribution >= 4 is 22.6 Å². The van der Waals surface area contributed by atoms with Crippen LogP contribution < -0.4 is 15.8 Å². The number of aromatic hydroxyl groups is 1. The van der Waals surface area contributed by atoms with Crippen LogP contribution in [0.3, 0.4) is 0 Å². The molecule has 9 nitrogen and oxygen atoms in total. The number of aryl methyl sites for hydroxylation is 1. The zero-order valence-corrected chi connectivity index (χ0v) is 16.3. The highest BCUT2D eigenvalue weighted by atomic mass is 16.5. The molecule has 9 heteroatoms. The molecule has 1 aromatic heterocycles. The summed E-state index contributed by atoms with van der Waals surface area (Å²) >= 11 is 0. The van der Waals surface area contributed by atoms with E-state index in [-0.39, 0.29) is 18.1 Å². The van der Waals surface area contributed by atoms with Crippen molar-refractivity contribution < 1.29 is 29.6 Å². The number of aliphatic hydroxyl groups excluding tert-OH is 1. The fraction of sp³-hybridized carbons (Fsp3) is 0.190. The Balaban J connectivity index is 0.000000735. The van der Waals surface area contributed by atoms with Gasteiger partial charge in [-0.25, -0.2) is 4.98 Å². The second-order valence-corrected chi connectivity index (χ2v) is 6.11. The van der Waals surface area contributed by atoms with Crippen LogP contribution in [0.4, 0.5) is 0 Å². The number of carboxylic acid groups (broad SMARTS) is 1. The number of aliphatic carboxylic acids is 1. The van der Waals surface area contributed by atoms with Crippen LogP contribution in [0.2, 0.25) is 0 Å². The minimum Gasteiger partial charge on any atom is -0.505 e. The van der Waals surface area contributed by atoms with Crippen LogP contribution in [0.15, 0.2) is 48.5 Å². The highest BCUT2D eigenvalue weighted by Crippen LogP contribution is 2.33. The molecule has 3 rings (SSSR count). The summed E-state index contributed by atoms with van der Waals surface area (Å²) in [6.45, 7) is 1.61. The van der Waals surface area contributed by atoms with E-state index in [0.717, 1.165) is 0 Å². The lowest BCUT2D eigenvalue weighted by Gasteiger charge is -2.12. The number of carbonyl (C=O) groups excluding carboxylic acids is 1. The minimum absolute atomic E-state index is 0.0972. The number of nitrogens with two attached hydrogens (primary N) is 1. The number of fused-ring (bicyclic) bond motifs is 1. The van der Waals surface area contributed by atoms with Gasteiger partial charge < -0.3 is 31.1 Å². The van der Waals surface area contributed by atoms with Gasteiger partial charge in [-0.3, -0.25) is 9.59 Å². The second kappa shape index (κ2) is 10.7. The summed E-state index contributed by atoms with van der Waals surface area (Å²) < 4.78 is 5.77. The Morgan fingerprint density at radius 3 is 2.37 bits per heavy atom. The summed E-state index contributed by atoms with van der Waals surface area (Å²) in [5.74, 6) is -1.00. The second-order valence-electron chi connectivity index (χ2n) is 6.11. The highest BCUT2D eigenvalue weighted by molar-refractivity contribution is 6.03. The number of nitrogens with zero attached hydrogens (tertiary/aromatic N) is 1. The van der Waals surface area contributed by atoms with E-state index in [1.54, 1.807) is 25.1 Å². The summed E-state index contributed by atoms with van der Waals surface area (Å²) in [6.07, 6.45) is 0. The Morgan fingerprint density at radius 1 is 1.10 bits per heavy atom. The summed E-state index contributed by atoms with van der Waals surface area (Å²) in [7, 11) is 0. The first-order chi connectivity index (χ1) is 14.4. The number of nitrogens with one attached hydrogen (secondary N) is 1. The molecule has 0 saturated carbocycles. The number of rotatable bonds is 6. The lowest BCUT2D eigenvalue weighted by molar-refractivity contribution is -0.135. The number of aromatic nitrogens is 1. The molecule has 0 saturated heterocycles. The van der Waals surface area contributed by atoms with Gasteiger partial charge in [0.15, 0.2) is 11.4 Å². The van der Waals surface area contributed by atoms with Crippen molar-refractivity contribution in [3.63, 3.8) is 0 Å². The quantitative estimate of drug-likeness (QED) is 0.410. The molecule has 0 spiro atoms. The summed E-state index contributed by atoms with van der Waals surface area (Å²) in [6, 6.07) is 14.3. The van der Waals surface area contributed by atoms with Gasteiger partial charge in [0.2, 0.25) is 0 Å². The largest absolute Gasteiger partial charge is 0.505 e. The molecule has 2 aromatic carbocycles. The van der Waals surface area contributed by atoms with Crippen molar-refractivity contribution in [1.82, 2.24) is 10.3 Å². The molecule has 0 atom stereocenters.